The number of hydrogen-bond donors (Lipinski definition) is 0. The van der Waals surface area contributed by atoms with E-state index in [1.807, 2.05) is 24.3 Å². The summed E-state index contributed by atoms with van der Waals surface area (Å²) in [5, 5.41) is 0. The maximum absolute atomic E-state index is 12.5. The molecule has 31 heavy (non-hydrogen) atoms. The molecule has 1 amide bonds. The van der Waals surface area contributed by atoms with E-state index >= 15 is 0 Å². The van der Waals surface area contributed by atoms with Crippen LogP contribution in [-0.2, 0) is 20.7 Å². The van der Waals surface area contributed by atoms with Crippen LogP contribution in [0, 0.1) is 0 Å². The van der Waals surface area contributed by atoms with Gasteiger partial charge in [-0.2, -0.15) is 0 Å². The summed E-state index contributed by atoms with van der Waals surface area (Å²) in [6, 6.07) is 5.78. The number of anilines is 1. The van der Waals surface area contributed by atoms with Gasteiger partial charge in [0.2, 0.25) is 5.91 Å². The van der Waals surface area contributed by atoms with Crippen LogP contribution in [-0.4, -0.2) is 31.1 Å². The number of hydrogen-bond acceptors (Lipinski definition) is 4. The minimum atomic E-state index is -0.250. The standard InChI is InChI=1S/C25H36ClNO4/c1-2-3-4-5-6-7-8-9-12-25(29)31-20-27-23-19-22(30-18-11-10-17-26)15-13-21(23)14-16-24(27)28/h2,13,15,19H,1,3-12,14,16-18,20H2. The third kappa shape index (κ3) is 9.34. The molecule has 6 heteroatoms. The minimum absolute atomic E-state index is 0.0286. The van der Waals surface area contributed by atoms with E-state index in [1.54, 1.807) is 4.90 Å². The maximum atomic E-state index is 12.5. The van der Waals surface area contributed by atoms with Crippen molar-refractivity contribution in [3.63, 3.8) is 0 Å². The lowest BCUT2D eigenvalue weighted by molar-refractivity contribution is -0.144. The van der Waals surface area contributed by atoms with Crippen molar-refractivity contribution in [2.75, 3.05) is 24.1 Å². The van der Waals surface area contributed by atoms with Gasteiger partial charge in [-0.05, 0) is 50.2 Å². The highest BCUT2D eigenvalue weighted by Gasteiger charge is 2.25. The van der Waals surface area contributed by atoms with E-state index in [1.165, 1.54) is 19.3 Å². The lowest BCUT2D eigenvalue weighted by atomic mass is 10.0. The van der Waals surface area contributed by atoms with E-state index < -0.39 is 0 Å². The van der Waals surface area contributed by atoms with Crippen LogP contribution in [0.4, 0.5) is 5.69 Å². The van der Waals surface area contributed by atoms with Crippen LogP contribution in [0.3, 0.4) is 0 Å². The van der Waals surface area contributed by atoms with Crippen LogP contribution in [0.15, 0.2) is 30.9 Å². The molecule has 0 N–H and O–H groups in total. The summed E-state index contributed by atoms with van der Waals surface area (Å²) in [6.45, 7) is 4.28. The second-order valence-electron chi connectivity index (χ2n) is 7.95. The monoisotopic (exact) mass is 449 g/mol. The first-order valence-corrected chi connectivity index (χ1v) is 12.1. The van der Waals surface area contributed by atoms with Crippen LogP contribution in [0.5, 0.6) is 5.75 Å². The first kappa shape index (κ1) is 25.3. The van der Waals surface area contributed by atoms with E-state index in [0.29, 0.717) is 37.5 Å². The van der Waals surface area contributed by atoms with Crippen molar-refractivity contribution in [1.29, 1.82) is 0 Å². The summed E-state index contributed by atoms with van der Waals surface area (Å²) in [7, 11) is 0. The Kier molecular flexibility index (Phi) is 12.1. The molecule has 0 atom stereocenters. The number of unbranched alkanes of at least 4 members (excludes halogenated alkanes) is 7. The molecule has 1 heterocycles. The van der Waals surface area contributed by atoms with E-state index in [-0.39, 0.29) is 18.6 Å². The Morgan fingerprint density at radius 2 is 1.84 bits per heavy atom. The van der Waals surface area contributed by atoms with Gasteiger partial charge in [-0.1, -0.05) is 37.8 Å². The molecule has 5 nitrogen and oxygen atoms in total. The van der Waals surface area contributed by atoms with Crippen molar-refractivity contribution in [1.82, 2.24) is 0 Å². The number of nitrogens with zero attached hydrogens (tertiary/aromatic N) is 1. The normalized spacial score (nSPS) is 13.1. The van der Waals surface area contributed by atoms with E-state index in [9.17, 15) is 9.59 Å². The number of aryl methyl sites for hydroxylation is 1. The predicted octanol–water partition coefficient (Wildman–Crippen LogP) is 6.17. The molecule has 2 rings (SSSR count). The largest absolute Gasteiger partial charge is 0.494 e. The van der Waals surface area contributed by atoms with E-state index in [4.69, 9.17) is 21.1 Å². The highest BCUT2D eigenvalue weighted by molar-refractivity contribution is 6.17. The molecule has 0 fully saturated rings. The second kappa shape index (κ2) is 14.9. The highest BCUT2D eigenvalue weighted by Crippen LogP contribution is 2.31. The third-order valence-electron chi connectivity index (χ3n) is 5.45. The SMILES string of the molecule is C=CCCCCCCCCC(=O)OCN1C(=O)CCc2ccc(OCCCCCl)cc21. The van der Waals surface area contributed by atoms with E-state index in [0.717, 1.165) is 49.8 Å². The van der Waals surface area contributed by atoms with Crippen molar-refractivity contribution >= 4 is 29.2 Å². The Balaban J connectivity index is 1.76. The van der Waals surface area contributed by atoms with Gasteiger partial charge in [-0.25, -0.2) is 0 Å². The summed E-state index contributed by atoms with van der Waals surface area (Å²) in [4.78, 5) is 26.2. The van der Waals surface area contributed by atoms with Gasteiger partial charge in [-0.3, -0.25) is 14.5 Å². The molecule has 0 spiro atoms. The first-order valence-electron chi connectivity index (χ1n) is 11.5. The van der Waals surface area contributed by atoms with Gasteiger partial charge in [0.05, 0.1) is 12.3 Å². The highest BCUT2D eigenvalue weighted by atomic mass is 35.5. The molecule has 0 saturated carbocycles. The zero-order chi connectivity index (χ0) is 22.3. The zero-order valence-corrected chi connectivity index (χ0v) is 19.3. The van der Waals surface area contributed by atoms with Gasteiger partial charge < -0.3 is 9.47 Å². The predicted molar refractivity (Wildman–Crippen MR) is 126 cm³/mol. The lowest BCUT2D eigenvalue weighted by Crippen LogP contribution is -2.37. The average Bonchev–Trinajstić information content (AvgIpc) is 2.77. The van der Waals surface area contributed by atoms with E-state index in [2.05, 4.69) is 6.58 Å². The lowest BCUT2D eigenvalue weighted by Gasteiger charge is -2.29. The van der Waals surface area contributed by atoms with Crippen LogP contribution in [0.25, 0.3) is 0 Å². The molecule has 1 aromatic carbocycles. The molecule has 0 saturated heterocycles. The smallest absolute Gasteiger partial charge is 0.307 e. The Hall–Kier alpha value is -2.01. The van der Waals surface area contributed by atoms with Crippen molar-refractivity contribution in [3.8, 4) is 5.75 Å². The van der Waals surface area contributed by atoms with Crippen molar-refractivity contribution < 1.29 is 19.1 Å². The molecule has 1 aliphatic heterocycles. The number of benzene rings is 1. The zero-order valence-electron chi connectivity index (χ0n) is 18.6. The van der Waals surface area contributed by atoms with Gasteiger partial charge in [0, 0.05) is 24.8 Å². The molecule has 0 unspecified atom stereocenters. The number of allylic oxidation sites excluding steroid dienone is 1. The van der Waals surface area contributed by atoms with Gasteiger partial charge in [-0.15, -0.1) is 18.2 Å². The average molecular weight is 450 g/mol. The molecular weight excluding hydrogens is 414 g/mol. The molecule has 0 radical (unpaired) electrons. The summed E-state index contributed by atoms with van der Waals surface area (Å²) in [6.07, 6.45) is 12.9. The molecule has 172 valence electrons. The Morgan fingerprint density at radius 3 is 2.61 bits per heavy atom. The Morgan fingerprint density at radius 1 is 1.06 bits per heavy atom. The van der Waals surface area contributed by atoms with Crippen molar-refractivity contribution in [3.05, 3.63) is 36.4 Å². The topological polar surface area (TPSA) is 55.8 Å². The Bertz CT molecular complexity index is 707. The molecule has 0 aromatic heterocycles. The fourth-order valence-electron chi connectivity index (χ4n) is 3.61. The Labute approximate surface area is 191 Å². The molecule has 0 bridgehead atoms. The number of halogens is 1. The number of rotatable bonds is 16. The number of carbonyl (C=O) groups excluding carboxylic acids is 2. The molecular formula is C25H36ClNO4. The first-order chi connectivity index (χ1) is 15.2. The molecule has 1 aliphatic rings. The summed E-state index contributed by atoms with van der Waals surface area (Å²) < 4.78 is 11.2. The number of fused-ring (bicyclic) bond motifs is 1. The van der Waals surface area contributed by atoms with Gasteiger partial charge >= 0.3 is 5.97 Å². The number of amides is 1. The van der Waals surface area contributed by atoms with Crippen LogP contribution < -0.4 is 9.64 Å². The third-order valence-corrected chi connectivity index (χ3v) is 5.71. The summed E-state index contributed by atoms with van der Waals surface area (Å²) in [5.41, 5.74) is 1.85. The summed E-state index contributed by atoms with van der Waals surface area (Å²) >= 11 is 5.70. The molecule has 0 aliphatic carbocycles. The van der Waals surface area contributed by atoms with Crippen LogP contribution in [0.1, 0.15) is 76.2 Å². The fourth-order valence-corrected chi connectivity index (χ4v) is 3.80. The van der Waals surface area contributed by atoms with Crippen LogP contribution in [0.2, 0.25) is 0 Å². The quantitative estimate of drug-likeness (QED) is 0.131. The number of ether oxygens (including phenoxy) is 2. The van der Waals surface area contributed by atoms with Crippen molar-refractivity contribution in [2.45, 2.75) is 77.0 Å². The van der Waals surface area contributed by atoms with Gasteiger partial charge in [0.15, 0.2) is 6.73 Å². The van der Waals surface area contributed by atoms with Gasteiger partial charge in [0.1, 0.15) is 5.75 Å². The maximum Gasteiger partial charge on any atom is 0.307 e. The number of alkyl halides is 1. The minimum Gasteiger partial charge on any atom is -0.494 e. The summed E-state index contributed by atoms with van der Waals surface area (Å²) in [5.74, 6) is 1.06. The number of esters is 1. The molecule has 1 aromatic rings. The van der Waals surface area contributed by atoms with Crippen LogP contribution >= 0.6 is 11.6 Å². The van der Waals surface area contributed by atoms with Crippen molar-refractivity contribution in [2.24, 2.45) is 0 Å². The fraction of sp³-hybridized carbons (Fsp3) is 0.600. The number of carbonyl (C=O) groups is 2. The second-order valence-corrected chi connectivity index (χ2v) is 8.33. The van der Waals surface area contributed by atoms with Gasteiger partial charge in [0.25, 0.3) is 0 Å².